The highest BCUT2D eigenvalue weighted by molar-refractivity contribution is 6.05. The van der Waals surface area contributed by atoms with Crippen LogP contribution in [0.2, 0.25) is 0 Å². The van der Waals surface area contributed by atoms with Gasteiger partial charge in [0.15, 0.2) is 12.1 Å². The summed E-state index contributed by atoms with van der Waals surface area (Å²) in [4.78, 5) is 18.0. The van der Waals surface area contributed by atoms with Crippen molar-refractivity contribution in [2.75, 3.05) is 0 Å². The van der Waals surface area contributed by atoms with Gasteiger partial charge in [0.2, 0.25) is 5.90 Å². The summed E-state index contributed by atoms with van der Waals surface area (Å²) in [5.41, 5.74) is 1.19. The first-order valence-corrected chi connectivity index (χ1v) is 10.8. The zero-order valence-corrected chi connectivity index (χ0v) is 18.4. The third kappa shape index (κ3) is 3.73. The van der Waals surface area contributed by atoms with Crippen LogP contribution in [0.1, 0.15) is 38.0 Å². The third-order valence-corrected chi connectivity index (χ3v) is 5.55. The molecule has 1 aliphatic rings. The van der Waals surface area contributed by atoms with Crippen LogP contribution in [0.3, 0.4) is 0 Å². The molecule has 5 rings (SSSR count). The van der Waals surface area contributed by atoms with Gasteiger partial charge >= 0.3 is 5.97 Å². The molecule has 4 aromatic carbocycles. The molecule has 160 valence electrons. The van der Waals surface area contributed by atoms with Gasteiger partial charge in [0, 0.05) is 11.1 Å². The lowest BCUT2D eigenvalue weighted by molar-refractivity contribution is -0.158. The van der Waals surface area contributed by atoms with E-state index < -0.39 is 17.7 Å². The summed E-state index contributed by atoms with van der Waals surface area (Å²) in [6, 6.07) is 27.5. The molecule has 0 saturated heterocycles. The van der Waals surface area contributed by atoms with Gasteiger partial charge in [-0.25, -0.2) is 9.79 Å². The molecular formula is C28H25NO3. The second kappa shape index (κ2) is 7.79. The third-order valence-electron chi connectivity index (χ3n) is 5.55. The lowest BCUT2D eigenvalue weighted by atomic mass is 9.91. The highest BCUT2D eigenvalue weighted by Crippen LogP contribution is 2.40. The molecule has 2 atom stereocenters. The van der Waals surface area contributed by atoms with Crippen LogP contribution in [0.5, 0.6) is 0 Å². The Balaban J connectivity index is 1.70. The van der Waals surface area contributed by atoms with E-state index in [1.54, 1.807) is 0 Å². The van der Waals surface area contributed by atoms with E-state index in [-0.39, 0.29) is 5.97 Å². The van der Waals surface area contributed by atoms with Gasteiger partial charge in [-0.3, -0.25) is 0 Å². The Labute approximate surface area is 187 Å². The van der Waals surface area contributed by atoms with Gasteiger partial charge in [0.05, 0.1) is 0 Å². The van der Waals surface area contributed by atoms with E-state index in [2.05, 4.69) is 30.3 Å². The number of hydrogen-bond donors (Lipinski definition) is 0. The normalized spacial score (nSPS) is 18.4. The lowest BCUT2D eigenvalue weighted by Crippen LogP contribution is -2.33. The first-order chi connectivity index (χ1) is 15.4. The van der Waals surface area contributed by atoms with Crippen LogP contribution in [-0.2, 0) is 14.3 Å². The minimum Gasteiger partial charge on any atom is -0.466 e. The smallest absolute Gasteiger partial charge is 0.335 e. The Bertz CT molecular complexity index is 1280. The number of esters is 1. The van der Waals surface area contributed by atoms with E-state index >= 15 is 0 Å². The molecule has 0 bridgehead atoms. The molecule has 0 aromatic heterocycles. The largest absolute Gasteiger partial charge is 0.466 e. The van der Waals surface area contributed by atoms with Crippen LogP contribution in [-0.4, -0.2) is 23.5 Å². The summed E-state index contributed by atoms with van der Waals surface area (Å²) in [6.45, 7) is 5.60. The van der Waals surface area contributed by atoms with Crippen LogP contribution in [0.15, 0.2) is 89.9 Å². The van der Waals surface area contributed by atoms with Crippen molar-refractivity contribution in [3.63, 3.8) is 0 Å². The first-order valence-electron chi connectivity index (χ1n) is 10.8. The topological polar surface area (TPSA) is 47.9 Å². The number of fused-ring (bicyclic) bond motifs is 2. The zero-order chi connectivity index (χ0) is 22.3. The maximum absolute atomic E-state index is 13.3. The maximum atomic E-state index is 13.3. The quantitative estimate of drug-likeness (QED) is 0.290. The Morgan fingerprint density at radius 1 is 0.844 bits per heavy atom. The lowest BCUT2D eigenvalue weighted by Gasteiger charge is -2.25. The van der Waals surface area contributed by atoms with Crippen molar-refractivity contribution < 1.29 is 14.3 Å². The van der Waals surface area contributed by atoms with E-state index in [1.807, 2.05) is 75.4 Å². The van der Waals surface area contributed by atoms with Crippen molar-refractivity contribution in [3.05, 3.63) is 96.1 Å². The maximum Gasteiger partial charge on any atom is 0.335 e. The predicted molar refractivity (Wildman–Crippen MR) is 128 cm³/mol. The molecule has 1 aliphatic heterocycles. The molecule has 0 amide bonds. The number of hydrogen-bond acceptors (Lipinski definition) is 4. The molecule has 0 N–H and O–H groups in total. The van der Waals surface area contributed by atoms with E-state index in [0.29, 0.717) is 5.90 Å². The molecule has 4 nitrogen and oxygen atoms in total. The molecular weight excluding hydrogens is 398 g/mol. The molecule has 0 radical (unpaired) electrons. The van der Waals surface area contributed by atoms with Crippen molar-refractivity contribution in [2.24, 2.45) is 4.99 Å². The standard InChI is InChI=1S/C28H25NO3/c1-28(2,3)32-27(30)24-25(31-26(29-24)18-11-5-4-6-12-18)23-21-15-9-7-13-19(21)17-20-14-8-10-16-22(20)23/h4-17,24-25H,1-3H3/t24-,25-/m0/s1. The number of nitrogens with zero attached hydrogens (tertiary/aromatic N) is 1. The predicted octanol–water partition coefficient (Wildman–Crippen LogP) is 6.22. The summed E-state index contributed by atoms with van der Waals surface area (Å²) in [7, 11) is 0. The summed E-state index contributed by atoms with van der Waals surface area (Å²) in [5, 5.41) is 4.30. The Hall–Kier alpha value is -3.66. The van der Waals surface area contributed by atoms with E-state index in [9.17, 15) is 4.79 Å². The fourth-order valence-electron chi connectivity index (χ4n) is 4.24. The number of ether oxygens (including phenoxy) is 2. The van der Waals surface area contributed by atoms with E-state index in [0.717, 1.165) is 32.7 Å². The van der Waals surface area contributed by atoms with Crippen LogP contribution >= 0.6 is 0 Å². The summed E-state index contributed by atoms with van der Waals surface area (Å²) < 4.78 is 12.2. The second-order valence-electron chi connectivity index (χ2n) is 9.05. The van der Waals surface area contributed by atoms with Gasteiger partial charge in [-0.2, -0.15) is 0 Å². The number of aliphatic imine (C=N–C) groups is 1. The van der Waals surface area contributed by atoms with Crippen molar-refractivity contribution in [3.8, 4) is 0 Å². The molecule has 1 heterocycles. The van der Waals surface area contributed by atoms with Crippen molar-refractivity contribution in [2.45, 2.75) is 38.5 Å². The van der Waals surface area contributed by atoms with Gasteiger partial charge in [0.25, 0.3) is 0 Å². The second-order valence-corrected chi connectivity index (χ2v) is 9.05. The van der Waals surface area contributed by atoms with Gasteiger partial charge in [-0.05, 0) is 60.5 Å². The molecule has 4 heteroatoms. The Kier molecular flexibility index (Phi) is 4.93. The zero-order valence-electron chi connectivity index (χ0n) is 18.4. The first kappa shape index (κ1) is 20.3. The number of rotatable bonds is 3. The minimum absolute atomic E-state index is 0.384. The van der Waals surface area contributed by atoms with Crippen molar-refractivity contribution in [1.82, 2.24) is 0 Å². The summed E-state index contributed by atoms with van der Waals surface area (Å²) >= 11 is 0. The highest BCUT2D eigenvalue weighted by Gasteiger charge is 2.42. The van der Waals surface area contributed by atoms with Crippen LogP contribution < -0.4 is 0 Å². The molecule has 4 aromatic rings. The fourth-order valence-corrected chi connectivity index (χ4v) is 4.24. The molecule has 0 spiro atoms. The molecule has 0 unspecified atom stereocenters. The number of benzene rings is 4. The average molecular weight is 424 g/mol. The van der Waals surface area contributed by atoms with Crippen LogP contribution in [0, 0.1) is 0 Å². The van der Waals surface area contributed by atoms with Crippen LogP contribution in [0.4, 0.5) is 0 Å². The molecule has 0 saturated carbocycles. The van der Waals surface area contributed by atoms with Crippen molar-refractivity contribution in [1.29, 1.82) is 0 Å². The Morgan fingerprint density at radius 3 is 2.00 bits per heavy atom. The minimum atomic E-state index is -0.793. The van der Waals surface area contributed by atoms with E-state index in [1.165, 1.54) is 0 Å². The summed E-state index contributed by atoms with van der Waals surface area (Å²) in [5.74, 6) is 0.0777. The summed E-state index contributed by atoms with van der Waals surface area (Å²) in [6.07, 6.45) is -0.587. The average Bonchev–Trinajstić information content (AvgIpc) is 3.22. The number of carbonyl (C=O) groups is 1. The fraction of sp³-hybridized carbons (Fsp3) is 0.214. The van der Waals surface area contributed by atoms with Gasteiger partial charge in [-0.15, -0.1) is 0 Å². The number of carbonyl (C=O) groups excluding carboxylic acids is 1. The van der Waals surface area contributed by atoms with Gasteiger partial charge in [-0.1, -0.05) is 66.7 Å². The highest BCUT2D eigenvalue weighted by atomic mass is 16.6. The Morgan fingerprint density at radius 2 is 1.41 bits per heavy atom. The molecule has 32 heavy (non-hydrogen) atoms. The van der Waals surface area contributed by atoms with Crippen molar-refractivity contribution >= 4 is 33.4 Å². The molecule has 0 aliphatic carbocycles. The van der Waals surface area contributed by atoms with Gasteiger partial charge in [0.1, 0.15) is 5.60 Å². The van der Waals surface area contributed by atoms with Gasteiger partial charge < -0.3 is 9.47 Å². The molecule has 0 fully saturated rings. The SMILES string of the molecule is CC(C)(C)OC(=O)[C@H]1N=C(c2ccccc2)O[C@H]1c1c2ccccc2cc2ccccc12. The monoisotopic (exact) mass is 423 g/mol. The van der Waals surface area contributed by atoms with E-state index in [4.69, 9.17) is 14.5 Å². The van der Waals surface area contributed by atoms with Crippen LogP contribution in [0.25, 0.3) is 21.5 Å².